The van der Waals surface area contributed by atoms with Crippen molar-refractivity contribution in [1.82, 2.24) is 16.1 Å². The molecule has 0 saturated heterocycles. The average molecular weight is 414 g/mol. The maximum Gasteiger partial charge on any atom is 0.407 e. The largest absolute Gasteiger partial charge is 0.464 e. The molecule has 28 heavy (non-hydrogen) atoms. The predicted molar refractivity (Wildman–Crippen MR) is 84.2 cm³/mol. The number of amides is 2. The van der Waals surface area contributed by atoms with Crippen molar-refractivity contribution in [2.24, 2.45) is 5.73 Å². The summed E-state index contributed by atoms with van der Waals surface area (Å²) in [4.78, 5) is 43.3. The number of primary amides is 1. The van der Waals surface area contributed by atoms with Crippen molar-refractivity contribution in [2.75, 3.05) is 26.4 Å². The molecule has 15 nitrogen and oxygen atoms in total. The molecule has 0 aromatic rings. The monoisotopic (exact) mass is 414 g/mol. The fourth-order valence-corrected chi connectivity index (χ4v) is 1.72. The molecule has 0 aromatic heterocycles. The number of nitrogens with zero attached hydrogens (tertiary/aromatic N) is 2. The van der Waals surface area contributed by atoms with E-state index in [-0.39, 0.29) is 26.4 Å². The van der Waals surface area contributed by atoms with Crippen LogP contribution in [0.4, 0.5) is 4.79 Å². The Morgan fingerprint density at radius 2 is 1.29 bits per heavy atom. The Kier molecular flexibility index (Phi) is 14.7. The van der Waals surface area contributed by atoms with Crippen molar-refractivity contribution in [3.8, 4) is 0 Å². The maximum absolute atomic E-state index is 11.9. The number of carbonyl (C=O) groups excluding carboxylic acids is 3. The molecule has 0 aliphatic heterocycles. The molecule has 0 saturated carbocycles. The summed E-state index contributed by atoms with van der Waals surface area (Å²) in [5.41, 5.74) is 5.04. The summed E-state index contributed by atoms with van der Waals surface area (Å²) in [5.74, 6) is -1.72. The van der Waals surface area contributed by atoms with Gasteiger partial charge in [-0.25, -0.2) is 9.59 Å². The van der Waals surface area contributed by atoms with Crippen LogP contribution in [-0.2, 0) is 28.7 Å². The molecule has 0 fully saturated rings. The standard InChI is InChI=1S/C13H26N4O11/c14-11(18)9-10(12(19)25-5-1-3-7-27-16(21)22)15-13(20)26-6-2-4-8-28-17(23)24/h10,21-24H,1-9H2,(H2,14,18)(H,15,20). The van der Waals surface area contributed by atoms with Gasteiger partial charge in [-0.15, -0.1) is 0 Å². The molecule has 0 spiro atoms. The minimum atomic E-state index is -1.33. The number of hydrogen-bond donors (Lipinski definition) is 6. The summed E-state index contributed by atoms with van der Waals surface area (Å²) in [6.45, 7) is -0.150. The topological polar surface area (TPSA) is 214 Å². The van der Waals surface area contributed by atoms with Crippen molar-refractivity contribution < 1.29 is 54.4 Å². The summed E-state index contributed by atoms with van der Waals surface area (Å²) >= 11 is 0. The Morgan fingerprint density at radius 1 is 0.821 bits per heavy atom. The van der Waals surface area contributed by atoms with Gasteiger partial charge in [-0.05, 0) is 25.7 Å². The molecule has 0 aliphatic carbocycles. The Hall–Kier alpha value is -2.11. The number of esters is 1. The van der Waals surface area contributed by atoms with E-state index in [0.29, 0.717) is 25.7 Å². The van der Waals surface area contributed by atoms with E-state index in [1.165, 1.54) is 0 Å². The first-order valence-electron chi connectivity index (χ1n) is 8.22. The lowest BCUT2D eigenvalue weighted by atomic mass is 10.2. The Morgan fingerprint density at radius 3 is 1.75 bits per heavy atom. The van der Waals surface area contributed by atoms with Gasteiger partial charge < -0.3 is 20.5 Å². The van der Waals surface area contributed by atoms with Gasteiger partial charge in [0.25, 0.3) is 0 Å². The van der Waals surface area contributed by atoms with E-state index in [1.807, 2.05) is 0 Å². The van der Waals surface area contributed by atoms with Gasteiger partial charge in [0.05, 0.1) is 43.6 Å². The second-order valence-electron chi connectivity index (χ2n) is 5.26. The predicted octanol–water partition coefficient (Wildman–Crippen LogP) is -0.916. The Bertz CT molecular complexity index is 464. The zero-order valence-electron chi connectivity index (χ0n) is 15.1. The van der Waals surface area contributed by atoms with Crippen LogP contribution in [0.25, 0.3) is 0 Å². The average Bonchev–Trinajstić information content (AvgIpc) is 2.59. The lowest BCUT2D eigenvalue weighted by Crippen LogP contribution is -2.44. The SMILES string of the molecule is NC(=O)CC(NC(=O)OCCCCON(O)O)C(=O)OCCCCON(O)O. The minimum absolute atomic E-state index is 0.0196. The van der Waals surface area contributed by atoms with E-state index in [1.54, 1.807) is 0 Å². The second kappa shape index (κ2) is 15.9. The lowest BCUT2D eigenvalue weighted by molar-refractivity contribution is -0.492. The third-order valence-corrected chi connectivity index (χ3v) is 2.95. The van der Waals surface area contributed by atoms with Crippen LogP contribution in [0, 0.1) is 0 Å². The molecular weight excluding hydrogens is 388 g/mol. The quantitative estimate of drug-likeness (QED) is 0.103. The molecule has 0 aromatic carbocycles. The highest BCUT2D eigenvalue weighted by atomic mass is 17.1. The van der Waals surface area contributed by atoms with Crippen LogP contribution in [-0.4, -0.2) is 82.0 Å². The molecule has 0 rings (SSSR count). The van der Waals surface area contributed by atoms with Crippen molar-refractivity contribution in [3.05, 3.63) is 0 Å². The number of unbranched alkanes of at least 4 members (excludes halogenated alkanes) is 2. The molecule has 15 heteroatoms. The van der Waals surface area contributed by atoms with E-state index in [4.69, 9.17) is 36.0 Å². The molecular formula is C13H26N4O11. The highest BCUT2D eigenvalue weighted by Gasteiger charge is 2.25. The van der Waals surface area contributed by atoms with Crippen LogP contribution in [0.15, 0.2) is 0 Å². The van der Waals surface area contributed by atoms with Crippen LogP contribution in [0.1, 0.15) is 32.1 Å². The third-order valence-electron chi connectivity index (χ3n) is 2.95. The van der Waals surface area contributed by atoms with Gasteiger partial charge in [-0.3, -0.25) is 35.3 Å². The first-order chi connectivity index (χ1) is 13.2. The van der Waals surface area contributed by atoms with Crippen molar-refractivity contribution in [1.29, 1.82) is 0 Å². The molecule has 0 bridgehead atoms. The highest BCUT2D eigenvalue weighted by Crippen LogP contribution is 2.00. The highest BCUT2D eigenvalue weighted by molar-refractivity contribution is 5.87. The molecule has 2 amide bonds. The fourth-order valence-electron chi connectivity index (χ4n) is 1.72. The number of ether oxygens (including phenoxy) is 2. The van der Waals surface area contributed by atoms with Crippen LogP contribution in [0.5, 0.6) is 0 Å². The lowest BCUT2D eigenvalue weighted by Gasteiger charge is -2.16. The van der Waals surface area contributed by atoms with Gasteiger partial charge in [0.2, 0.25) is 5.91 Å². The van der Waals surface area contributed by atoms with E-state index in [0.717, 1.165) is 0 Å². The van der Waals surface area contributed by atoms with Gasteiger partial charge in [0.15, 0.2) is 0 Å². The van der Waals surface area contributed by atoms with Gasteiger partial charge >= 0.3 is 12.1 Å². The fraction of sp³-hybridized carbons (Fsp3) is 0.769. The maximum atomic E-state index is 11.9. The number of nitrogens with two attached hydrogens (primary N) is 1. The third kappa shape index (κ3) is 16.1. The van der Waals surface area contributed by atoms with E-state index in [2.05, 4.69) is 15.0 Å². The Labute approximate surface area is 159 Å². The summed E-state index contributed by atoms with van der Waals surface area (Å²) in [5, 5.41) is 34.6. The van der Waals surface area contributed by atoms with Gasteiger partial charge in [0, 0.05) is 0 Å². The molecule has 1 atom stereocenters. The zero-order valence-corrected chi connectivity index (χ0v) is 15.1. The summed E-state index contributed by atoms with van der Waals surface area (Å²) in [7, 11) is 0. The minimum Gasteiger partial charge on any atom is -0.464 e. The van der Waals surface area contributed by atoms with E-state index >= 15 is 0 Å². The summed E-state index contributed by atoms with van der Waals surface area (Å²) in [6, 6.07) is -1.33. The smallest absolute Gasteiger partial charge is 0.407 e. The molecule has 0 heterocycles. The second-order valence-corrected chi connectivity index (χ2v) is 5.26. The number of alkyl carbamates (subject to hydrolysis) is 1. The number of rotatable bonds is 16. The molecule has 0 radical (unpaired) electrons. The van der Waals surface area contributed by atoms with Crippen LogP contribution < -0.4 is 11.1 Å². The zero-order chi connectivity index (χ0) is 21.4. The first-order valence-corrected chi connectivity index (χ1v) is 8.22. The number of carbonyl (C=O) groups is 3. The van der Waals surface area contributed by atoms with E-state index in [9.17, 15) is 14.4 Å². The normalized spacial score (nSPS) is 12.1. The summed E-state index contributed by atoms with van der Waals surface area (Å²) in [6.07, 6.45) is -0.0883. The van der Waals surface area contributed by atoms with Crippen LogP contribution >= 0.6 is 0 Å². The van der Waals surface area contributed by atoms with Gasteiger partial charge in [-0.2, -0.15) is 0 Å². The molecule has 7 N–H and O–H groups in total. The van der Waals surface area contributed by atoms with Crippen molar-refractivity contribution >= 4 is 18.0 Å². The molecule has 0 aliphatic rings. The van der Waals surface area contributed by atoms with Crippen LogP contribution in [0.3, 0.4) is 0 Å². The number of hydrogen-bond acceptors (Lipinski definition) is 13. The van der Waals surface area contributed by atoms with Gasteiger partial charge in [-0.1, -0.05) is 0 Å². The van der Waals surface area contributed by atoms with Crippen molar-refractivity contribution in [3.63, 3.8) is 0 Å². The Balaban J connectivity index is 4.11. The molecule has 164 valence electrons. The van der Waals surface area contributed by atoms with Crippen molar-refractivity contribution in [2.45, 2.75) is 38.1 Å². The molecule has 1 unspecified atom stereocenters. The first kappa shape index (κ1) is 25.9. The summed E-state index contributed by atoms with van der Waals surface area (Å²) < 4.78 is 9.73. The van der Waals surface area contributed by atoms with Gasteiger partial charge in [0.1, 0.15) is 6.04 Å². The number of nitrogens with one attached hydrogen (secondary N) is 1. The van der Waals surface area contributed by atoms with E-state index < -0.39 is 41.2 Å². The van der Waals surface area contributed by atoms with Crippen LogP contribution in [0.2, 0.25) is 0 Å².